The van der Waals surface area contributed by atoms with Crippen LogP contribution >= 0.6 is 9.39 Å². The average Bonchev–Trinajstić information content (AvgIpc) is 1.99. The summed E-state index contributed by atoms with van der Waals surface area (Å²) in [6.45, 7) is 3.14. The highest BCUT2D eigenvalue weighted by molar-refractivity contribution is 7.13. The lowest BCUT2D eigenvalue weighted by Crippen LogP contribution is -2.28. The van der Waals surface area contributed by atoms with Crippen LogP contribution in [0.2, 0.25) is 0 Å². The molecule has 0 radical (unpaired) electrons. The molecule has 0 aromatic heterocycles. The van der Waals surface area contributed by atoms with Crippen molar-refractivity contribution in [3.05, 3.63) is 12.7 Å². The van der Waals surface area contributed by atoms with Gasteiger partial charge in [0.1, 0.15) is 0 Å². The van der Waals surface area contributed by atoms with E-state index in [-0.39, 0.29) is 0 Å². The van der Waals surface area contributed by atoms with Gasteiger partial charge in [-0.05, 0) is 9.39 Å². The molecule has 0 rings (SSSR count). The monoisotopic (exact) mass is 159 g/mol. The van der Waals surface area contributed by atoms with Crippen LogP contribution in [0.4, 0.5) is 0 Å². The minimum Gasteiger partial charge on any atom is -0.310 e. The lowest BCUT2D eigenvalue weighted by atomic mass is 10.7. The van der Waals surface area contributed by atoms with Gasteiger partial charge in [0.2, 0.25) is 6.19 Å². The fraction of sp³-hybridized carbons (Fsp3) is 0. The van der Waals surface area contributed by atoms with Gasteiger partial charge in [0.05, 0.1) is 0 Å². The summed E-state index contributed by atoms with van der Waals surface area (Å²) < 4.78 is 0. The quantitative estimate of drug-likeness (QED) is 0.201. The molecule has 0 aliphatic rings. The van der Waals surface area contributed by atoms with Gasteiger partial charge in [-0.2, -0.15) is 10.5 Å². The molecule has 0 saturated heterocycles. The van der Waals surface area contributed by atoms with Crippen LogP contribution in [0, 0.1) is 11.5 Å². The summed E-state index contributed by atoms with van der Waals surface area (Å²) in [7, 11) is 1.99. The van der Waals surface area contributed by atoms with Crippen LogP contribution in [-0.2, 0) is 9.63 Å². The normalized spacial score (nSPS) is 7.60. The molecule has 1 unspecified atom stereocenters. The van der Waals surface area contributed by atoms with Gasteiger partial charge >= 0.3 is 5.97 Å². The Morgan fingerprint density at radius 3 is 2.90 bits per heavy atom. The molecule has 6 heteroatoms. The van der Waals surface area contributed by atoms with E-state index >= 15 is 0 Å². The van der Waals surface area contributed by atoms with Crippen molar-refractivity contribution in [1.29, 1.82) is 5.26 Å². The zero-order valence-electron chi connectivity index (χ0n) is 5.07. The molecule has 0 bridgehead atoms. The lowest BCUT2D eigenvalue weighted by Gasteiger charge is -2.09. The third kappa shape index (κ3) is 3.02. The first-order chi connectivity index (χ1) is 4.74. The van der Waals surface area contributed by atoms with E-state index in [1.807, 2.05) is 9.39 Å². The predicted octanol–water partition coefficient (Wildman–Crippen LogP) is -0.292. The maximum Gasteiger partial charge on any atom is 0.358 e. The fourth-order valence-corrected chi connectivity index (χ4v) is 0.313. The SMILES string of the molecule is C=CC(=O)ON(C#N)NP. The minimum absolute atomic E-state index is 0.578. The van der Waals surface area contributed by atoms with Gasteiger partial charge in [-0.25, -0.2) is 4.79 Å². The third-order valence-electron chi connectivity index (χ3n) is 0.556. The number of hydroxylamine groups is 1. The van der Waals surface area contributed by atoms with Crippen LogP contribution < -0.4 is 5.20 Å². The Bertz CT molecular complexity index is 176. The molecule has 0 heterocycles. The topological polar surface area (TPSA) is 65.4 Å². The standard InChI is InChI=1S/C4H6N3O2P/c1-2-4(8)9-7(3-5)6-10/h2,6H,1,10H2. The van der Waals surface area contributed by atoms with Crippen LogP contribution in [0.25, 0.3) is 0 Å². The van der Waals surface area contributed by atoms with Crippen LogP contribution in [0.5, 0.6) is 0 Å². The van der Waals surface area contributed by atoms with Crippen molar-refractivity contribution < 1.29 is 9.63 Å². The Labute approximate surface area is 60.4 Å². The summed E-state index contributed by atoms with van der Waals surface area (Å²) >= 11 is 0. The van der Waals surface area contributed by atoms with Crippen molar-refractivity contribution in [1.82, 2.24) is 10.4 Å². The largest absolute Gasteiger partial charge is 0.358 e. The third-order valence-corrected chi connectivity index (χ3v) is 0.791. The molecule has 0 fully saturated rings. The number of nitrogens with zero attached hydrogens (tertiary/aromatic N) is 2. The van der Waals surface area contributed by atoms with Crippen LogP contribution in [0.1, 0.15) is 0 Å². The van der Waals surface area contributed by atoms with Crippen molar-refractivity contribution in [2.45, 2.75) is 0 Å². The fourth-order valence-electron chi connectivity index (χ4n) is 0.203. The summed E-state index contributed by atoms with van der Waals surface area (Å²) in [6.07, 6.45) is 2.48. The first-order valence-corrected chi connectivity index (χ1v) is 2.82. The molecule has 0 spiro atoms. The molecule has 54 valence electrons. The Morgan fingerprint density at radius 2 is 2.60 bits per heavy atom. The van der Waals surface area contributed by atoms with E-state index in [1.165, 1.54) is 6.19 Å². The number of hydrogen-bond donors (Lipinski definition) is 1. The van der Waals surface area contributed by atoms with E-state index in [4.69, 9.17) is 5.26 Å². The summed E-state index contributed by atoms with van der Waals surface area (Å²) in [5, 5.41) is 11.0. The summed E-state index contributed by atoms with van der Waals surface area (Å²) in [4.78, 5) is 14.6. The Kier molecular flexibility index (Phi) is 4.21. The zero-order chi connectivity index (χ0) is 7.98. The first-order valence-electron chi connectivity index (χ1n) is 2.25. The van der Waals surface area contributed by atoms with E-state index in [2.05, 4.69) is 16.6 Å². The highest BCUT2D eigenvalue weighted by Crippen LogP contribution is 1.86. The number of nitriles is 1. The van der Waals surface area contributed by atoms with Gasteiger partial charge in [-0.1, -0.05) is 11.8 Å². The highest BCUT2D eigenvalue weighted by Gasteiger charge is 2.01. The van der Waals surface area contributed by atoms with Gasteiger partial charge in [0.25, 0.3) is 0 Å². The number of hydrogen-bond acceptors (Lipinski definition) is 5. The smallest absolute Gasteiger partial charge is 0.310 e. The van der Waals surface area contributed by atoms with Crippen molar-refractivity contribution in [3.8, 4) is 6.19 Å². The van der Waals surface area contributed by atoms with Gasteiger partial charge in [0.15, 0.2) is 0 Å². The number of hydrazine groups is 1. The first kappa shape index (κ1) is 8.89. The zero-order valence-corrected chi connectivity index (χ0v) is 6.23. The molecule has 0 aromatic carbocycles. The molecular formula is C4H6N3O2P. The van der Waals surface area contributed by atoms with E-state index in [9.17, 15) is 4.79 Å². The second-order valence-electron chi connectivity index (χ2n) is 1.14. The molecule has 0 amide bonds. The van der Waals surface area contributed by atoms with Gasteiger partial charge in [0, 0.05) is 6.08 Å². The maximum atomic E-state index is 10.4. The molecule has 0 aromatic rings. The molecule has 1 atom stereocenters. The second-order valence-corrected chi connectivity index (χ2v) is 1.40. The maximum absolute atomic E-state index is 10.4. The van der Waals surface area contributed by atoms with Crippen LogP contribution in [0.15, 0.2) is 12.7 Å². The minimum atomic E-state index is -0.698. The summed E-state index contributed by atoms with van der Waals surface area (Å²) in [5.74, 6) is -0.698. The van der Waals surface area contributed by atoms with E-state index in [0.29, 0.717) is 5.17 Å². The lowest BCUT2D eigenvalue weighted by molar-refractivity contribution is -0.174. The predicted molar refractivity (Wildman–Crippen MR) is 36.6 cm³/mol. The van der Waals surface area contributed by atoms with Crippen molar-refractivity contribution in [2.75, 3.05) is 0 Å². The molecule has 5 nitrogen and oxygen atoms in total. The molecule has 10 heavy (non-hydrogen) atoms. The van der Waals surface area contributed by atoms with Gasteiger partial charge in [-0.15, -0.1) is 0 Å². The Morgan fingerprint density at radius 1 is 2.00 bits per heavy atom. The van der Waals surface area contributed by atoms with E-state index in [1.54, 1.807) is 0 Å². The van der Waals surface area contributed by atoms with Crippen molar-refractivity contribution in [3.63, 3.8) is 0 Å². The number of carbonyl (C=O) groups is 1. The van der Waals surface area contributed by atoms with Gasteiger partial charge in [-0.3, -0.25) is 0 Å². The number of rotatable bonds is 3. The Balaban J connectivity index is 3.76. The Hall–Kier alpha value is -1.11. The number of carbonyl (C=O) groups excluding carboxylic acids is 1. The summed E-state index contributed by atoms with van der Waals surface area (Å²) in [5.41, 5.74) is 0. The van der Waals surface area contributed by atoms with Crippen molar-refractivity contribution in [2.24, 2.45) is 0 Å². The highest BCUT2D eigenvalue weighted by atomic mass is 31.0. The van der Waals surface area contributed by atoms with Gasteiger partial charge < -0.3 is 4.84 Å². The van der Waals surface area contributed by atoms with E-state index < -0.39 is 5.97 Å². The van der Waals surface area contributed by atoms with Crippen molar-refractivity contribution >= 4 is 15.4 Å². The number of nitrogens with one attached hydrogen (secondary N) is 1. The van der Waals surface area contributed by atoms with E-state index in [0.717, 1.165) is 6.08 Å². The average molecular weight is 159 g/mol. The molecule has 0 saturated carbocycles. The van der Waals surface area contributed by atoms with Crippen LogP contribution in [-0.4, -0.2) is 11.1 Å². The second kappa shape index (κ2) is 4.74. The summed E-state index contributed by atoms with van der Waals surface area (Å²) in [6, 6.07) is 0. The van der Waals surface area contributed by atoms with Crippen LogP contribution in [0.3, 0.4) is 0 Å². The molecule has 0 aliphatic heterocycles. The molecule has 1 N–H and O–H groups in total. The molecule has 0 aliphatic carbocycles. The molecular weight excluding hydrogens is 153 g/mol.